The van der Waals surface area contributed by atoms with Crippen molar-refractivity contribution in [2.24, 2.45) is 0 Å². The third kappa shape index (κ3) is 2.53. The number of allylic oxidation sites excluding steroid dienone is 1. The molecule has 0 saturated heterocycles. The zero-order chi connectivity index (χ0) is 11.5. The number of hydrogen-bond donors (Lipinski definition) is 0. The molecule has 0 amide bonds. The van der Waals surface area contributed by atoms with Gasteiger partial charge in [-0.1, -0.05) is 25.6 Å². The van der Waals surface area contributed by atoms with Crippen LogP contribution in [0.2, 0.25) is 0 Å². The molecule has 0 aliphatic carbocycles. The van der Waals surface area contributed by atoms with E-state index >= 15 is 0 Å². The molecular formula is C11H12O3S. The maximum Gasteiger partial charge on any atom is 0.185 e. The summed E-state index contributed by atoms with van der Waals surface area (Å²) in [6, 6.07) is 5.99. The fourth-order valence-corrected chi connectivity index (χ4v) is 2.05. The monoisotopic (exact) mass is 224 g/mol. The molecule has 0 unspecified atom stereocenters. The third-order valence-electron chi connectivity index (χ3n) is 2.04. The zero-order valence-electron chi connectivity index (χ0n) is 8.43. The molecule has 1 aromatic rings. The van der Waals surface area contributed by atoms with Gasteiger partial charge in [0.05, 0.1) is 10.6 Å². The van der Waals surface area contributed by atoms with Gasteiger partial charge < -0.3 is 0 Å². The summed E-state index contributed by atoms with van der Waals surface area (Å²) < 4.78 is 23.1. The van der Waals surface area contributed by atoms with Crippen LogP contribution in [-0.2, 0) is 9.84 Å². The highest BCUT2D eigenvalue weighted by Gasteiger charge is 2.12. The van der Waals surface area contributed by atoms with Gasteiger partial charge in [0.2, 0.25) is 0 Å². The topological polar surface area (TPSA) is 51.2 Å². The summed E-state index contributed by atoms with van der Waals surface area (Å²) in [5.41, 5.74) is 0.347. The first-order valence-electron chi connectivity index (χ1n) is 4.51. The Morgan fingerprint density at radius 2 is 2.13 bits per heavy atom. The van der Waals surface area contributed by atoms with Crippen molar-refractivity contribution in [2.75, 3.05) is 5.75 Å². The first-order chi connectivity index (χ1) is 7.01. The molecule has 0 spiro atoms. The highest BCUT2D eigenvalue weighted by Crippen LogP contribution is 2.13. The van der Waals surface area contributed by atoms with E-state index < -0.39 is 9.84 Å². The van der Waals surface area contributed by atoms with Gasteiger partial charge in [-0.25, -0.2) is 8.42 Å². The minimum Gasteiger partial charge on any atom is -0.289 e. The molecule has 0 aliphatic rings. The maximum absolute atomic E-state index is 11.5. The number of rotatable bonds is 4. The molecule has 0 fully saturated rings. The summed E-state index contributed by atoms with van der Waals surface area (Å²) >= 11 is 0. The number of carbonyl (C=O) groups excluding carboxylic acids is 1. The molecule has 0 saturated carbocycles. The van der Waals surface area contributed by atoms with Gasteiger partial charge >= 0.3 is 0 Å². The van der Waals surface area contributed by atoms with Gasteiger partial charge in [-0.2, -0.15) is 0 Å². The lowest BCUT2D eigenvalue weighted by molar-refractivity contribution is 0.104. The van der Waals surface area contributed by atoms with E-state index in [2.05, 4.69) is 6.58 Å². The molecule has 4 heteroatoms. The normalized spacial score (nSPS) is 11.0. The van der Waals surface area contributed by atoms with E-state index in [1.54, 1.807) is 19.1 Å². The van der Waals surface area contributed by atoms with Crippen LogP contribution >= 0.6 is 0 Å². The van der Waals surface area contributed by atoms with Crippen LogP contribution in [0.1, 0.15) is 17.3 Å². The van der Waals surface area contributed by atoms with Gasteiger partial charge in [0.1, 0.15) is 0 Å². The molecule has 0 heterocycles. The zero-order valence-corrected chi connectivity index (χ0v) is 9.25. The minimum absolute atomic E-state index is 0.0265. The Morgan fingerprint density at radius 3 is 2.67 bits per heavy atom. The van der Waals surface area contributed by atoms with Gasteiger partial charge in [0.15, 0.2) is 15.6 Å². The molecule has 0 aliphatic heterocycles. The first-order valence-corrected chi connectivity index (χ1v) is 6.16. The highest BCUT2D eigenvalue weighted by atomic mass is 32.2. The largest absolute Gasteiger partial charge is 0.289 e. The van der Waals surface area contributed by atoms with Crippen LogP contribution in [-0.4, -0.2) is 20.0 Å². The fourth-order valence-electron chi connectivity index (χ4n) is 1.13. The second kappa shape index (κ2) is 4.40. The summed E-state index contributed by atoms with van der Waals surface area (Å²) in [5.74, 6) is -0.248. The summed E-state index contributed by atoms with van der Waals surface area (Å²) in [6.45, 7) is 4.92. The molecule has 15 heavy (non-hydrogen) atoms. The summed E-state index contributed by atoms with van der Waals surface area (Å²) in [4.78, 5) is 11.4. The Balaban J connectivity index is 3.25. The van der Waals surface area contributed by atoms with Crippen molar-refractivity contribution >= 4 is 15.6 Å². The van der Waals surface area contributed by atoms with Crippen LogP contribution in [0.5, 0.6) is 0 Å². The molecular weight excluding hydrogens is 212 g/mol. The van der Waals surface area contributed by atoms with Gasteiger partial charge in [-0.3, -0.25) is 4.79 Å². The van der Waals surface area contributed by atoms with E-state index in [1.807, 2.05) is 0 Å². The lowest BCUT2D eigenvalue weighted by Crippen LogP contribution is -2.05. The summed E-state index contributed by atoms with van der Waals surface area (Å²) in [6.07, 6.45) is 1.16. The molecule has 0 atom stereocenters. The van der Waals surface area contributed by atoms with E-state index in [4.69, 9.17) is 0 Å². The van der Waals surface area contributed by atoms with E-state index in [0.29, 0.717) is 5.56 Å². The lowest BCUT2D eigenvalue weighted by Gasteiger charge is -2.02. The second-order valence-electron chi connectivity index (χ2n) is 3.00. The molecule has 0 radical (unpaired) electrons. The predicted octanol–water partition coefficient (Wildman–Crippen LogP) is 1.85. The lowest BCUT2D eigenvalue weighted by atomic mass is 10.1. The second-order valence-corrected chi connectivity index (χ2v) is 5.28. The fraction of sp³-hybridized carbons (Fsp3) is 0.182. The molecule has 1 aromatic carbocycles. The van der Waals surface area contributed by atoms with Crippen LogP contribution in [0.25, 0.3) is 0 Å². The Bertz CT molecular complexity index is 486. The van der Waals surface area contributed by atoms with Crippen molar-refractivity contribution in [3.8, 4) is 0 Å². The van der Waals surface area contributed by atoms with Crippen LogP contribution in [0.4, 0.5) is 0 Å². The SMILES string of the molecule is C=CC(=O)c1cccc(S(=O)(=O)CC)c1. The smallest absolute Gasteiger partial charge is 0.185 e. The summed E-state index contributed by atoms with van der Waals surface area (Å²) in [5, 5.41) is 0. The molecule has 0 N–H and O–H groups in total. The molecule has 0 aromatic heterocycles. The molecule has 1 rings (SSSR count). The highest BCUT2D eigenvalue weighted by molar-refractivity contribution is 7.91. The first kappa shape index (κ1) is 11.7. The third-order valence-corrected chi connectivity index (χ3v) is 3.78. The van der Waals surface area contributed by atoms with Gasteiger partial charge in [0, 0.05) is 5.56 Å². The van der Waals surface area contributed by atoms with Crippen molar-refractivity contribution in [1.82, 2.24) is 0 Å². The Hall–Kier alpha value is -1.42. The van der Waals surface area contributed by atoms with Crippen molar-refractivity contribution in [3.63, 3.8) is 0 Å². The average molecular weight is 224 g/mol. The number of sulfone groups is 1. The predicted molar refractivity (Wildman–Crippen MR) is 58.7 cm³/mol. The molecule has 0 bridgehead atoms. The Kier molecular flexibility index (Phi) is 3.42. The summed E-state index contributed by atoms with van der Waals surface area (Å²) in [7, 11) is -3.25. The molecule has 3 nitrogen and oxygen atoms in total. The van der Waals surface area contributed by atoms with E-state index in [0.717, 1.165) is 6.08 Å². The standard InChI is InChI=1S/C11H12O3S/c1-3-11(12)9-6-5-7-10(8-9)15(13,14)4-2/h3,5-8H,1,4H2,2H3. The van der Waals surface area contributed by atoms with Crippen LogP contribution in [0.3, 0.4) is 0 Å². The van der Waals surface area contributed by atoms with Crippen LogP contribution < -0.4 is 0 Å². The van der Waals surface area contributed by atoms with Crippen LogP contribution in [0.15, 0.2) is 41.8 Å². The van der Waals surface area contributed by atoms with Crippen molar-refractivity contribution < 1.29 is 13.2 Å². The number of hydrogen-bond acceptors (Lipinski definition) is 3. The van der Waals surface area contributed by atoms with E-state index in [9.17, 15) is 13.2 Å². The van der Waals surface area contributed by atoms with Crippen molar-refractivity contribution in [3.05, 3.63) is 42.5 Å². The number of benzene rings is 1. The Labute approximate surface area is 89.4 Å². The van der Waals surface area contributed by atoms with Crippen LogP contribution in [0, 0.1) is 0 Å². The van der Waals surface area contributed by atoms with Crippen molar-refractivity contribution in [2.45, 2.75) is 11.8 Å². The van der Waals surface area contributed by atoms with Gasteiger partial charge in [0.25, 0.3) is 0 Å². The number of ketones is 1. The van der Waals surface area contributed by atoms with Crippen molar-refractivity contribution in [1.29, 1.82) is 0 Å². The van der Waals surface area contributed by atoms with E-state index in [1.165, 1.54) is 12.1 Å². The van der Waals surface area contributed by atoms with Gasteiger partial charge in [-0.05, 0) is 18.2 Å². The molecule has 80 valence electrons. The average Bonchev–Trinajstić information content (AvgIpc) is 2.28. The van der Waals surface area contributed by atoms with E-state index in [-0.39, 0.29) is 16.4 Å². The quantitative estimate of drug-likeness (QED) is 0.579. The maximum atomic E-state index is 11.5. The van der Waals surface area contributed by atoms with Gasteiger partial charge in [-0.15, -0.1) is 0 Å². The minimum atomic E-state index is -3.25. The Morgan fingerprint density at radius 1 is 1.47 bits per heavy atom. The number of carbonyl (C=O) groups is 1.